The van der Waals surface area contributed by atoms with E-state index >= 15 is 14.4 Å². The summed E-state index contributed by atoms with van der Waals surface area (Å²) < 4.78 is 60.1. The molecule has 4 atom stereocenters. The van der Waals surface area contributed by atoms with Crippen molar-refractivity contribution in [2.24, 2.45) is 0 Å². The van der Waals surface area contributed by atoms with Gasteiger partial charge in [0.25, 0.3) is 0 Å². The molecule has 1 aliphatic rings. The van der Waals surface area contributed by atoms with Gasteiger partial charge in [-0.15, -0.1) is 0 Å². The molecule has 1 aliphatic heterocycles. The minimum atomic E-state index is -3.25. The molecule has 4 unspecified atom stereocenters. The molecule has 1 saturated heterocycles. The number of aromatic hydroxyl groups is 25. The van der Waals surface area contributed by atoms with Gasteiger partial charge in [0.05, 0.1) is 55.6 Å². The average molecular weight is 1690 g/mol. The maximum absolute atomic E-state index is 15.3. The summed E-state index contributed by atoms with van der Waals surface area (Å²) in [6, 6.07) is 7.92. The summed E-state index contributed by atoms with van der Waals surface area (Å²) in [5.41, 5.74) is -10.4. The Labute approximate surface area is 665 Å². The first kappa shape index (κ1) is 83.8. The smallest absolute Gasteiger partial charge is 0.343 e. The van der Waals surface area contributed by atoms with Crippen LogP contribution in [-0.4, -0.2) is 218 Å². The van der Waals surface area contributed by atoms with Crippen LogP contribution in [0.3, 0.4) is 0 Å². The molecule has 10 aromatic rings. The highest BCUT2D eigenvalue weighted by Gasteiger charge is 2.57. The molecule has 25 N–H and O–H groups in total. The van der Waals surface area contributed by atoms with E-state index < -0.39 is 319 Å². The van der Waals surface area contributed by atoms with E-state index in [4.69, 9.17) is 52.1 Å². The summed E-state index contributed by atoms with van der Waals surface area (Å²) in [5, 5.41) is 261. The number of benzene rings is 10. The van der Waals surface area contributed by atoms with E-state index in [2.05, 4.69) is 0 Å². The summed E-state index contributed by atoms with van der Waals surface area (Å²) in [6.07, 6.45) is -16.2. The quantitative estimate of drug-likeness (QED) is 0.0211. The van der Waals surface area contributed by atoms with Gasteiger partial charge in [0, 0.05) is 0 Å². The van der Waals surface area contributed by atoms with Crippen LogP contribution in [0.15, 0.2) is 121 Å². The Morgan fingerprint density at radius 2 is 0.306 bits per heavy atom. The molecule has 0 aromatic heterocycles. The van der Waals surface area contributed by atoms with Crippen LogP contribution in [-0.2, 0) is 28.4 Å². The molecular weight excluding hydrogens is 1640 g/mol. The molecule has 0 amide bonds. The predicted molar refractivity (Wildman–Crippen MR) is 378 cm³/mol. The maximum atomic E-state index is 15.3. The number of carbonyl (C=O) groups is 10. The van der Waals surface area contributed by atoms with Crippen molar-refractivity contribution in [2.45, 2.75) is 30.9 Å². The highest BCUT2D eigenvalue weighted by Crippen LogP contribution is 2.48. The Hall–Kier alpha value is -18.1. The molecule has 626 valence electrons. The average Bonchev–Trinajstić information content (AvgIpc) is 0.761. The predicted octanol–water partition coefficient (Wildman–Crippen LogP) is 4.80. The lowest BCUT2D eigenvalue weighted by Gasteiger charge is -2.43. The molecule has 46 heteroatoms. The summed E-state index contributed by atoms with van der Waals surface area (Å²) >= 11 is 0. The van der Waals surface area contributed by atoms with Crippen LogP contribution in [0.5, 0.6) is 172 Å². The van der Waals surface area contributed by atoms with Gasteiger partial charge in [0.1, 0.15) is 0 Å². The van der Waals surface area contributed by atoms with Crippen LogP contribution in [0.4, 0.5) is 0 Å². The largest absolute Gasteiger partial charge is 0.504 e. The van der Waals surface area contributed by atoms with E-state index in [0.717, 1.165) is 0 Å². The van der Waals surface area contributed by atoms with Crippen molar-refractivity contribution in [3.05, 3.63) is 177 Å². The summed E-state index contributed by atoms with van der Waals surface area (Å²) in [4.78, 5) is 143. The van der Waals surface area contributed by atoms with Crippen LogP contribution in [0.25, 0.3) is 0 Å². The fourth-order valence-electron chi connectivity index (χ4n) is 10.6. The molecule has 10 aromatic carbocycles. The van der Waals surface area contributed by atoms with Crippen LogP contribution < -0.4 is 23.7 Å². The monoisotopic (exact) mass is 1690 g/mol. The Balaban J connectivity index is 1.10. The standard InChI is InChI=1S/C75H50O46/c76-31-1-21(2-32(77)51(31)91)64(101)111-46-16-26(11-41(86)56(46)96)69(106)116-61-62(117-70(107)27-12-42(87)57(97)47(17-27)112-65(102)22-3-33(78)52(92)34(79)4-22)74(119-72(109)29-14-44(89)59(99)49(19-29)114-67(104)24-7-37(82)54(94)38(83)8-24)121-75(120-73(110)30-15-45(90)60(100)50(20-30)115-68(105)25-9-39(84)55(95)40(85)10-25)63(61)118-71(108)28-13-43(88)58(98)48(18-28)113-66(103)23-5-35(80)53(93)36(81)6-23/h1-20,61-63,74-100H. The number of esters is 10. The van der Waals surface area contributed by atoms with Gasteiger partial charge >= 0.3 is 59.7 Å². The molecule has 1 fully saturated rings. The molecule has 0 bridgehead atoms. The van der Waals surface area contributed by atoms with E-state index in [-0.39, 0.29) is 18.2 Å². The topological polar surface area (TPSA) is 778 Å². The van der Waals surface area contributed by atoms with Gasteiger partial charge < -0.3 is 175 Å². The number of hydrogen-bond acceptors (Lipinski definition) is 46. The van der Waals surface area contributed by atoms with Crippen LogP contribution in [0.1, 0.15) is 104 Å². The van der Waals surface area contributed by atoms with Crippen molar-refractivity contribution in [1.82, 2.24) is 0 Å². The van der Waals surface area contributed by atoms with Gasteiger partial charge in [-0.1, -0.05) is 0 Å². The maximum Gasteiger partial charge on any atom is 0.343 e. The third-order valence-corrected chi connectivity index (χ3v) is 16.6. The number of carbonyl (C=O) groups excluding carboxylic acids is 10. The van der Waals surface area contributed by atoms with E-state index in [9.17, 15) is 161 Å². The molecule has 1 heterocycles. The fourth-order valence-corrected chi connectivity index (χ4v) is 10.6. The second-order valence-corrected chi connectivity index (χ2v) is 24.8. The molecule has 0 saturated carbocycles. The molecular formula is C75H50O46. The molecule has 0 aliphatic carbocycles. The molecule has 0 spiro atoms. The second kappa shape index (κ2) is 32.8. The zero-order valence-electron chi connectivity index (χ0n) is 59.2. The van der Waals surface area contributed by atoms with Gasteiger partial charge in [-0.05, 0) is 121 Å². The Kier molecular flexibility index (Phi) is 22.7. The molecule has 121 heavy (non-hydrogen) atoms. The van der Waals surface area contributed by atoms with Gasteiger partial charge in [0.15, 0.2) is 150 Å². The summed E-state index contributed by atoms with van der Waals surface area (Å²) in [5.74, 6) is -57.4. The highest BCUT2D eigenvalue weighted by molar-refractivity contribution is 6.00. The summed E-state index contributed by atoms with van der Waals surface area (Å²) in [7, 11) is 0. The molecule has 0 radical (unpaired) electrons. The minimum Gasteiger partial charge on any atom is -0.504 e. The van der Waals surface area contributed by atoms with Crippen molar-refractivity contribution in [3.63, 3.8) is 0 Å². The first-order valence-corrected chi connectivity index (χ1v) is 32.7. The van der Waals surface area contributed by atoms with Crippen molar-refractivity contribution >= 4 is 59.7 Å². The highest BCUT2D eigenvalue weighted by atomic mass is 16.8. The zero-order valence-corrected chi connectivity index (χ0v) is 59.2. The van der Waals surface area contributed by atoms with Gasteiger partial charge in [-0.2, -0.15) is 0 Å². The van der Waals surface area contributed by atoms with Gasteiger partial charge in [-0.25, -0.2) is 47.9 Å². The molecule has 46 nitrogen and oxygen atoms in total. The SMILES string of the molecule is O=C(Oc1cc(C(=O)OC2OC(OC(=O)c3cc(O)c(O)c(OC(=O)c4cc(O)c(O)c(O)c4)c3)C(OC(=O)c3cc(O)c(O)c(OC(=O)c4cc(O)c(O)c(O)c4)c3)C(OC(=O)c3cc(O)c(O)c(OC(=O)c4cc(O)c(O)c(O)c4)c3)C2OC(=O)c2cc(O)c(O)c(OC(=O)c3cc(O)c(O)c(O)c3)c2)cc(O)c1O)c1cc(O)c(O)c(O)c1. The number of rotatable bonds is 20. The number of hydrogen-bond donors (Lipinski definition) is 25. The van der Waals surface area contributed by atoms with Crippen LogP contribution >= 0.6 is 0 Å². The second-order valence-electron chi connectivity index (χ2n) is 24.8. The number of phenols is 25. The van der Waals surface area contributed by atoms with Crippen molar-refractivity contribution < 1.29 is 228 Å². The van der Waals surface area contributed by atoms with Crippen molar-refractivity contribution in [1.29, 1.82) is 0 Å². The molecule has 11 rings (SSSR count). The van der Waals surface area contributed by atoms with E-state index in [1.165, 1.54) is 0 Å². The zero-order chi connectivity index (χ0) is 88.7. The third-order valence-electron chi connectivity index (χ3n) is 16.6. The van der Waals surface area contributed by atoms with E-state index in [1.54, 1.807) is 0 Å². The van der Waals surface area contributed by atoms with Gasteiger partial charge in [-0.3, -0.25) is 4.74 Å². The third kappa shape index (κ3) is 17.4. The first-order chi connectivity index (χ1) is 56.9. The minimum absolute atomic E-state index is 0.263. The lowest BCUT2D eigenvalue weighted by atomic mass is 10.0. The van der Waals surface area contributed by atoms with E-state index in [1.807, 2.05) is 0 Å². The summed E-state index contributed by atoms with van der Waals surface area (Å²) in [6.45, 7) is 0. The fraction of sp³-hybridized carbons (Fsp3) is 0.0667. The Morgan fingerprint density at radius 3 is 0.471 bits per heavy atom. The van der Waals surface area contributed by atoms with E-state index in [0.29, 0.717) is 103 Å². The number of ether oxygens (including phenoxy) is 11. The van der Waals surface area contributed by atoms with Crippen molar-refractivity contribution in [3.8, 4) is 172 Å². The number of phenolic OH excluding ortho intramolecular Hbond substituents is 25. The van der Waals surface area contributed by atoms with Crippen LogP contribution in [0, 0.1) is 0 Å². The Bertz CT molecular complexity index is 5660. The van der Waals surface area contributed by atoms with Gasteiger partial charge in [0.2, 0.25) is 53.5 Å². The van der Waals surface area contributed by atoms with Crippen LogP contribution in [0.2, 0.25) is 0 Å². The van der Waals surface area contributed by atoms with Crippen molar-refractivity contribution in [2.75, 3.05) is 0 Å². The Morgan fingerprint density at radius 1 is 0.174 bits per heavy atom. The normalized spacial score (nSPS) is 14.7. The lowest BCUT2D eigenvalue weighted by molar-refractivity contribution is -0.322. The first-order valence-electron chi connectivity index (χ1n) is 32.7. The lowest BCUT2D eigenvalue weighted by Crippen LogP contribution is -2.63.